The number of nitrogens with zero attached hydrogens (tertiary/aromatic N) is 2. The van der Waals surface area contributed by atoms with Gasteiger partial charge in [-0.2, -0.15) is 0 Å². The number of aliphatic imine (C=N–C) groups is 1. The fraction of sp³-hybridized carbons (Fsp3) is 0.474. The minimum atomic E-state index is 0. The van der Waals surface area contributed by atoms with Gasteiger partial charge in [0.2, 0.25) is 11.6 Å². The van der Waals surface area contributed by atoms with Gasteiger partial charge in [-0.05, 0) is 32.9 Å². The second-order valence-electron chi connectivity index (χ2n) is 5.79. The molecule has 1 heterocycles. The van der Waals surface area contributed by atoms with Gasteiger partial charge in [0.25, 0.3) is 0 Å². The van der Waals surface area contributed by atoms with Gasteiger partial charge in [-0.1, -0.05) is 0 Å². The minimum Gasteiger partial charge on any atom is -0.493 e. The lowest BCUT2D eigenvalue weighted by Crippen LogP contribution is -2.36. The average Bonchev–Trinajstić information content (AvgIpc) is 3.00. The van der Waals surface area contributed by atoms with Gasteiger partial charge >= 0.3 is 0 Å². The van der Waals surface area contributed by atoms with Crippen LogP contribution < -0.4 is 24.8 Å². The molecule has 0 saturated carbocycles. The van der Waals surface area contributed by atoms with Crippen LogP contribution in [0.2, 0.25) is 0 Å². The molecule has 0 radical (unpaired) electrons. The predicted octanol–water partition coefficient (Wildman–Crippen LogP) is 3.19. The van der Waals surface area contributed by atoms with Crippen molar-refractivity contribution in [2.75, 3.05) is 27.9 Å². The van der Waals surface area contributed by atoms with Gasteiger partial charge < -0.3 is 29.3 Å². The Morgan fingerprint density at radius 1 is 1.07 bits per heavy atom. The Morgan fingerprint density at radius 2 is 1.79 bits per heavy atom. The number of aromatic nitrogens is 1. The topological polar surface area (TPSA) is 90.1 Å². The molecule has 0 unspecified atom stereocenters. The minimum absolute atomic E-state index is 0. The van der Waals surface area contributed by atoms with Gasteiger partial charge in [-0.25, -0.2) is 9.98 Å². The lowest BCUT2D eigenvalue weighted by atomic mass is 10.1. The Bertz CT molecular complexity index is 773. The van der Waals surface area contributed by atoms with Crippen LogP contribution in [0.1, 0.15) is 29.8 Å². The number of halogens is 1. The third-order valence-electron chi connectivity index (χ3n) is 4.02. The zero-order valence-corrected chi connectivity index (χ0v) is 19.5. The van der Waals surface area contributed by atoms with Crippen molar-refractivity contribution in [2.45, 2.75) is 33.9 Å². The molecule has 0 saturated heterocycles. The molecule has 9 heteroatoms. The quantitative estimate of drug-likeness (QED) is 0.324. The van der Waals surface area contributed by atoms with E-state index < -0.39 is 0 Å². The van der Waals surface area contributed by atoms with E-state index in [1.807, 2.05) is 32.9 Å². The summed E-state index contributed by atoms with van der Waals surface area (Å²) in [4.78, 5) is 8.98. The molecule has 2 aromatic rings. The normalized spacial score (nSPS) is 10.9. The van der Waals surface area contributed by atoms with Crippen LogP contribution in [0.5, 0.6) is 17.2 Å². The van der Waals surface area contributed by atoms with Gasteiger partial charge in [-0.15, -0.1) is 24.0 Å². The highest BCUT2D eigenvalue weighted by Gasteiger charge is 2.15. The molecule has 0 fully saturated rings. The second kappa shape index (κ2) is 11.6. The van der Waals surface area contributed by atoms with E-state index in [0.29, 0.717) is 42.2 Å². The van der Waals surface area contributed by atoms with Crippen LogP contribution >= 0.6 is 24.0 Å². The fourth-order valence-electron chi connectivity index (χ4n) is 2.57. The van der Waals surface area contributed by atoms with Gasteiger partial charge in [0, 0.05) is 12.1 Å². The first kappa shape index (κ1) is 23.9. The number of aryl methyl sites for hydroxylation is 2. The third-order valence-corrected chi connectivity index (χ3v) is 4.02. The molecule has 2 rings (SSSR count). The molecule has 1 aromatic heterocycles. The van der Waals surface area contributed by atoms with Crippen LogP contribution in [0.25, 0.3) is 0 Å². The maximum Gasteiger partial charge on any atom is 0.214 e. The Balaban J connectivity index is 0.00000392. The van der Waals surface area contributed by atoms with Gasteiger partial charge in [0.1, 0.15) is 5.76 Å². The summed E-state index contributed by atoms with van der Waals surface area (Å²) >= 11 is 0. The van der Waals surface area contributed by atoms with Crippen LogP contribution in [-0.2, 0) is 13.1 Å². The molecule has 0 bridgehead atoms. The van der Waals surface area contributed by atoms with Crippen LogP contribution in [0.15, 0.2) is 21.5 Å². The monoisotopic (exact) mass is 504 g/mol. The summed E-state index contributed by atoms with van der Waals surface area (Å²) in [7, 11) is 4.77. The molecule has 0 aliphatic heterocycles. The summed E-state index contributed by atoms with van der Waals surface area (Å²) in [6.07, 6.45) is 0. The summed E-state index contributed by atoms with van der Waals surface area (Å²) in [6.45, 7) is 7.41. The molecule has 0 aliphatic rings. The molecule has 0 spiro atoms. The largest absolute Gasteiger partial charge is 0.493 e. The Morgan fingerprint density at radius 3 is 2.32 bits per heavy atom. The van der Waals surface area contributed by atoms with E-state index in [-0.39, 0.29) is 24.0 Å². The Kier molecular flexibility index (Phi) is 9.91. The first-order valence-electron chi connectivity index (χ1n) is 8.76. The fourth-order valence-corrected chi connectivity index (χ4v) is 2.57. The Hall–Kier alpha value is -2.17. The van der Waals surface area contributed by atoms with Crippen LogP contribution in [0.4, 0.5) is 0 Å². The number of nitrogens with one attached hydrogen (secondary N) is 2. The van der Waals surface area contributed by atoms with Gasteiger partial charge in [0.05, 0.1) is 40.1 Å². The van der Waals surface area contributed by atoms with E-state index in [0.717, 1.165) is 23.6 Å². The molecule has 0 aliphatic carbocycles. The third kappa shape index (κ3) is 5.91. The number of guanidine groups is 1. The highest BCUT2D eigenvalue weighted by atomic mass is 127. The zero-order valence-electron chi connectivity index (χ0n) is 17.2. The summed E-state index contributed by atoms with van der Waals surface area (Å²) < 4.78 is 21.8. The van der Waals surface area contributed by atoms with E-state index in [1.165, 1.54) is 0 Å². The molecule has 2 N–H and O–H groups in total. The van der Waals surface area contributed by atoms with Crippen molar-refractivity contribution in [3.63, 3.8) is 0 Å². The van der Waals surface area contributed by atoms with Crippen molar-refractivity contribution < 1.29 is 18.6 Å². The van der Waals surface area contributed by atoms with Gasteiger partial charge in [0.15, 0.2) is 17.5 Å². The van der Waals surface area contributed by atoms with Crippen molar-refractivity contribution in [3.8, 4) is 17.2 Å². The SMILES string of the molecule is CCNC(=NCc1ccc(OC)c(OC)c1OC)NCc1nc(C)c(C)o1.I. The number of hydrogen-bond acceptors (Lipinski definition) is 6. The number of rotatable bonds is 8. The first-order valence-corrected chi connectivity index (χ1v) is 8.76. The number of oxazole rings is 1. The summed E-state index contributed by atoms with van der Waals surface area (Å²) in [6, 6.07) is 3.75. The smallest absolute Gasteiger partial charge is 0.214 e. The van der Waals surface area contributed by atoms with E-state index in [2.05, 4.69) is 20.6 Å². The van der Waals surface area contributed by atoms with E-state index in [1.54, 1.807) is 21.3 Å². The van der Waals surface area contributed by atoms with Crippen molar-refractivity contribution in [2.24, 2.45) is 4.99 Å². The lowest BCUT2D eigenvalue weighted by Gasteiger charge is -2.15. The second-order valence-corrected chi connectivity index (χ2v) is 5.79. The highest BCUT2D eigenvalue weighted by molar-refractivity contribution is 14.0. The molecule has 0 amide bonds. The Labute approximate surface area is 183 Å². The van der Waals surface area contributed by atoms with Gasteiger partial charge in [-0.3, -0.25) is 0 Å². The molecular weight excluding hydrogens is 475 g/mol. The average molecular weight is 504 g/mol. The van der Waals surface area contributed by atoms with Crippen LogP contribution in [0.3, 0.4) is 0 Å². The van der Waals surface area contributed by atoms with Crippen molar-refractivity contribution in [1.82, 2.24) is 15.6 Å². The molecule has 0 atom stereocenters. The number of hydrogen-bond donors (Lipinski definition) is 2. The zero-order chi connectivity index (χ0) is 19.8. The number of ether oxygens (including phenoxy) is 3. The summed E-state index contributed by atoms with van der Waals surface area (Å²) in [5, 5.41) is 6.43. The number of methoxy groups -OCH3 is 3. The lowest BCUT2D eigenvalue weighted by molar-refractivity contribution is 0.322. The van der Waals surface area contributed by atoms with E-state index in [9.17, 15) is 0 Å². The van der Waals surface area contributed by atoms with E-state index in [4.69, 9.17) is 18.6 Å². The maximum atomic E-state index is 5.59. The molecule has 156 valence electrons. The number of benzene rings is 1. The molecular formula is C19H29IN4O4. The van der Waals surface area contributed by atoms with Crippen molar-refractivity contribution >= 4 is 29.9 Å². The first-order chi connectivity index (χ1) is 13.0. The molecule has 8 nitrogen and oxygen atoms in total. The van der Waals surface area contributed by atoms with Crippen LogP contribution in [-0.4, -0.2) is 38.8 Å². The van der Waals surface area contributed by atoms with Crippen LogP contribution in [0, 0.1) is 13.8 Å². The summed E-state index contributed by atoms with van der Waals surface area (Å²) in [5.41, 5.74) is 1.78. The highest BCUT2D eigenvalue weighted by Crippen LogP contribution is 2.39. The summed E-state index contributed by atoms with van der Waals surface area (Å²) in [5.74, 6) is 3.87. The van der Waals surface area contributed by atoms with Crippen molar-refractivity contribution in [3.05, 3.63) is 35.0 Å². The maximum absolute atomic E-state index is 5.59. The predicted molar refractivity (Wildman–Crippen MR) is 119 cm³/mol. The van der Waals surface area contributed by atoms with Crippen molar-refractivity contribution in [1.29, 1.82) is 0 Å². The standard InChI is InChI=1S/C19H28N4O4.HI/c1-7-20-19(22-11-16-23-12(2)13(3)27-16)21-10-14-8-9-15(24-4)18(26-6)17(14)25-5;/h8-9H,7,10-11H2,1-6H3,(H2,20,21,22);1H. The van der Waals surface area contributed by atoms with E-state index >= 15 is 0 Å². The molecule has 1 aromatic carbocycles. The molecule has 28 heavy (non-hydrogen) atoms.